The molecule has 0 aliphatic rings. The van der Waals surface area contributed by atoms with Crippen molar-refractivity contribution in [2.75, 3.05) is 0 Å². The first kappa shape index (κ1) is 11.5. The summed E-state index contributed by atoms with van der Waals surface area (Å²) in [6.45, 7) is 0. The zero-order valence-corrected chi connectivity index (χ0v) is 11.6. The number of carbonyl (C=O) groups excluding carboxylic acids is 1. The van der Waals surface area contributed by atoms with Crippen LogP contribution in [0, 0.1) is 0 Å². The maximum atomic E-state index is 12.2. The Morgan fingerprint density at radius 2 is 2.06 bits per heavy atom. The molecule has 0 aliphatic heterocycles. The summed E-state index contributed by atoms with van der Waals surface area (Å²) in [6.07, 6.45) is 1.61. The van der Waals surface area contributed by atoms with Gasteiger partial charge < -0.3 is 0 Å². The molecule has 1 aromatic heterocycles. The molecule has 2 rings (SSSR count). The highest BCUT2D eigenvalue weighted by molar-refractivity contribution is 9.11. The van der Waals surface area contributed by atoms with Gasteiger partial charge in [0.2, 0.25) is 5.78 Å². The first-order valence-electron chi connectivity index (χ1n) is 4.57. The molecule has 2 aromatic rings. The topological polar surface area (TPSA) is 34.9 Å². The number of ketones is 1. The largest absolute Gasteiger partial charge is 0.287 e. The van der Waals surface area contributed by atoms with Gasteiger partial charge in [-0.15, -0.1) is 0 Å². The Labute approximate surface area is 110 Å². The Morgan fingerprint density at radius 3 is 2.69 bits per heavy atom. The smallest absolute Gasteiger partial charge is 0.212 e. The molecule has 0 spiro atoms. The van der Waals surface area contributed by atoms with Crippen molar-refractivity contribution in [3.8, 4) is 0 Å². The van der Waals surface area contributed by atoms with E-state index in [-0.39, 0.29) is 5.78 Å². The highest BCUT2D eigenvalue weighted by Crippen LogP contribution is 2.23. The van der Waals surface area contributed by atoms with Crippen molar-refractivity contribution in [1.29, 1.82) is 0 Å². The number of hydrogen-bond acceptors (Lipinski definition) is 2. The predicted molar refractivity (Wildman–Crippen MR) is 68.5 cm³/mol. The van der Waals surface area contributed by atoms with Crippen LogP contribution < -0.4 is 0 Å². The summed E-state index contributed by atoms with van der Waals surface area (Å²) in [5, 5.41) is 3.98. The van der Waals surface area contributed by atoms with Crippen LogP contribution in [0.4, 0.5) is 0 Å². The molecule has 0 aliphatic carbocycles. The number of nitrogens with zero attached hydrogens (tertiary/aromatic N) is 2. The van der Waals surface area contributed by atoms with Crippen molar-refractivity contribution >= 4 is 37.6 Å². The van der Waals surface area contributed by atoms with Crippen LogP contribution in [0.25, 0.3) is 0 Å². The van der Waals surface area contributed by atoms with Crippen LogP contribution in [0.3, 0.4) is 0 Å². The summed E-state index contributed by atoms with van der Waals surface area (Å²) in [4.78, 5) is 12.2. The molecule has 0 radical (unpaired) electrons. The fourth-order valence-electron chi connectivity index (χ4n) is 1.41. The zero-order chi connectivity index (χ0) is 11.7. The second kappa shape index (κ2) is 4.51. The van der Waals surface area contributed by atoms with Crippen molar-refractivity contribution in [3.63, 3.8) is 0 Å². The molecule has 0 bridgehead atoms. The van der Waals surface area contributed by atoms with Gasteiger partial charge in [0.1, 0.15) is 5.69 Å². The first-order chi connectivity index (χ1) is 7.59. The number of rotatable bonds is 2. The second-order valence-electron chi connectivity index (χ2n) is 3.29. The Bertz CT molecular complexity index is 549. The molecule has 0 saturated carbocycles. The highest BCUT2D eigenvalue weighted by Gasteiger charge is 2.15. The lowest BCUT2D eigenvalue weighted by atomic mass is 10.1. The van der Waals surface area contributed by atoms with E-state index < -0.39 is 0 Å². The normalized spacial score (nSPS) is 10.4. The molecule has 1 aromatic carbocycles. The highest BCUT2D eigenvalue weighted by atomic mass is 79.9. The Morgan fingerprint density at radius 1 is 1.31 bits per heavy atom. The maximum Gasteiger partial charge on any atom is 0.212 e. The number of hydrogen-bond donors (Lipinski definition) is 0. The van der Waals surface area contributed by atoms with Crippen molar-refractivity contribution in [3.05, 3.63) is 50.7 Å². The van der Waals surface area contributed by atoms with E-state index in [9.17, 15) is 4.79 Å². The summed E-state index contributed by atoms with van der Waals surface area (Å²) in [6, 6.07) is 7.22. The lowest BCUT2D eigenvalue weighted by Gasteiger charge is -2.04. The summed E-state index contributed by atoms with van der Waals surface area (Å²) in [5.74, 6) is -0.0480. The molecule has 0 N–H and O–H groups in total. The number of aromatic nitrogens is 2. The molecule has 82 valence electrons. The van der Waals surface area contributed by atoms with E-state index in [4.69, 9.17) is 0 Å². The third-order valence-electron chi connectivity index (χ3n) is 2.23. The number of carbonyl (C=O) groups is 1. The lowest BCUT2D eigenvalue weighted by Crippen LogP contribution is -2.08. The molecule has 0 unspecified atom stereocenters. The molecule has 3 nitrogen and oxygen atoms in total. The second-order valence-corrected chi connectivity index (χ2v) is 5.06. The molecule has 1 heterocycles. The van der Waals surface area contributed by atoms with E-state index in [0.29, 0.717) is 11.3 Å². The Kier molecular flexibility index (Phi) is 3.25. The van der Waals surface area contributed by atoms with E-state index in [1.54, 1.807) is 30.1 Å². The van der Waals surface area contributed by atoms with Gasteiger partial charge in [-0.05, 0) is 24.3 Å². The van der Waals surface area contributed by atoms with E-state index in [1.807, 2.05) is 12.1 Å². The zero-order valence-electron chi connectivity index (χ0n) is 8.45. The quantitative estimate of drug-likeness (QED) is 0.785. The third kappa shape index (κ3) is 2.10. The van der Waals surface area contributed by atoms with Crippen molar-refractivity contribution in [2.45, 2.75) is 0 Å². The van der Waals surface area contributed by atoms with Gasteiger partial charge in [-0.2, -0.15) is 5.10 Å². The van der Waals surface area contributed by atoms with Crippen LogP contribution in [-0.4, -0.2) is 15.6 Å². The minimum Gasteiger partial charge on any atom is -0.287 e. The standard InChI is InChI=1S/C11H8Br2N2O/c1-15-10(4-5-14-15)11(16)8-6-7(12)2-3-9(8)13/h2-6H,1H3. The van der Waals surface area contributed by atoms with Gasteiger partial charge in [0.25, 0.3) is 0 Å². The van der Waals surface area contributed by atoms with Crippen LogP contribution >= 0.6 is 31.9 Å². The van der Waals surface area contributed by atoms with Crippen LogP contribution in [0.15, 0.2) is 39.4 Å². The number of aryl methyl sites for hydroxylation is 1. The fourth-order valence-corrected chi connectivity index (χ4v) is 2.19. The average molecular weight is 344 g/mol. The van der Waals surface area contributed by atoms with E-state index in [0.717, 1.165) is 8.95 Å². The molecular formula is C11H8Br2N2O. The molecular weight excluding hydrogens is 336 g/mol. The number of halogens is 2. The van der Waals surface area contributed by atoms with Crippen LogP contribution in [0.5, 0.6) is 0 Å². The third-order valence-corrected chi connectivity index (χ3v) is 3.41. The molecule has 16 heavy (non-hydrogen) atoms. The summed E-state index contributed by atoms with van der Waals surface area (Å²) in [5.41, 5.74) is 1.19. The summed E-state index contributed by atoms with van der Waals surface area (Å²) < 4.78 is 3.22. The first-order valence-corrected chi connectivity index (χ1v) is 6.16. The Hall–Kier alpha value is -0.940. The van der Waals surface area contributed by atoms with Crippen LogP contribution in [0.1, 0.15) is 16.1 Å². The molecule has 0 amide bonds. The van der Waals surface area contributed by atoms with Gasteiger partial charge in [0.15, 0.2) is 0 Å². The minimum absolute atomic E-state index is 0.0480. The van der Waals surface area contributed by atoms with E-state index in [1.165, 1.54) is 0 Å². The molecule has 0 atom stereocenters. The van der Waals surface area contributed by atoms with Gasteiger partial charge in [-0.3, -0.25) is 9.48 Å². The monoisotopic (exact) mass is 342 g/mol. The van der Waals surface area contributed by atoms with Crippen molar-refractivity contribution in [2.24, 2.45) is 7.05 Å². The molecule has 5 heteroatoms. The van der Waals surface area contributed by atoms with Crippen LogP contribution in [0.2, 0.25) is 0 Å². The van der Waals surface area contributed by atoms with E-state index >= 15 is 0 Å². The average Bonchev–Trinajstić information content (AvgIpc) is 2.67. The predicted octanol–water partition coefficient (Wildman–Crippen LogP) is 3.18. The van der Waals surface area contributed by atoms with Gasteiger partial charge in [-0.1, -0.05) is 31.9 Å². The van der Waals surface area contributed by atoms with Crippen LogP contribution in [-0.2, 0) is 7.05 Å². The van der Waals surface area contributed by atoms with Gasteiger partial charge in [0, 0.05) is 27.8 Å². The molecule has 0 saturated heterocycles. The SMILES string of the molecule is Cn1nccc1C(=O)c1cc(Br)ccc1Br. The maximum absolute atomic E-state index is 12.2. The van der Waals surface area contributed by atoms with E-state index in [2.05, 4.69) is 37.0 Å². The van der Waals surface area contributed by atoms with Gasteiger partial charge >= 0.3 is 0 Å². The molecule has 0 fully saturated rings. The van der Waals surface area contributed by atoms with Gasteiger partial charge in [-0.25, -0.2) is 0 Å². The Balaban J connectivity index is 2.49. The minimum atomic E-state index is -0.0480. The number of benzene rings is 1. The van der Waals surface area contributed by atoms with Crippen molar-refractivity contribution in [1.82, 2.24) is 9.78 Å². The van der Waals surface area contributed by atoms with Gasteiger partial charge in [0.05, 0.1) is 0 Å². The summed E-state index contributed by atoms with van der Waals surface area (Å²) >= 11 is 6.72. The summed E-state index contributed by atoms with van der Waals surface area (Å²) in [7, 11) is 1.75. The lowest BCUT2D eigenvalue weighted by molar-refractivity contribution is 0.102. The fraction of sp³-hybridized carbons (Fsp3) is 0.0909. The van der Waals surface area contributed by atoms with Crippen molar-refractivity contribution < 1.29 is 4.79 Å².